The molecular formula is C12H12ClN3O2. The Kier molecular flexibility index (Phi) is 3.84. The van der Waals surface area contributed by atoms with Gasteiger partial charge in [0.1, 0.15) is 11.6 Å². The van der Waals surface area contributed by atoms with Crippen molar-refractivity contribution in [2.45, 2.75) is 6.54 Å². The van der Waals surface area contributed by atoms with Gasteiger partial charge in [0, 0.05) is 13.2 Å². The molecule has 2 heterocycles. The average molecular weight is 266 g/mol. The highest BCUT2D eigenvalue weighted by Crippen LogP contribution is 2.17. The molecule has 0 unspecified atom stereocenters. The number of nitrogens with zero attached hydrogens (tertiary/aromatic N) is 1. The van der Waals surface area contributed by atoms with E-state index in [-0.39, 0.29) is 5.91 Å². The normalized spacial score (nSPS) is 10.1. The average Bonchev–Trinajstić information content (AvgIpc) is 2.89. The van der Waals surface area contributed by atoms with Crippen molar-refractivity contribution in [3.05, 3.63) is 47.0 Å². The van der Waals surface area contributed by atoms with E-state index in [0.717, 1.165) is 0 Å². The lowest BCUT2D eigenvalue weighted by Gasteiger charge is -2.07. The summed E-state index contributed by atoms with van der Waals surface area (Å²) in [6.45, 7) is 0.319. The van der Waals surface area contributed by atoms with Crippen molar-refractivity contribution in [1.29, 1.82) is 0 Å². The molecule has 2 aromatic rings. The molecule has 0 radical (unpaired) electrons. The zero-order chi connectivity index (χ0) is 13.0. The summed E-state index contributed by atoms with van der Waals surface area (Å²) in [7, 11) is 1.72. The highest BCUT2D eigenvalue weighted by molar-refractivity contribution is 6.33. The number of pyridine rings is 1. The van der Waals surface area contributed by atoms with E-state index in [0.29, 0.717) is 28.7 Å². The highest BCUT2D eigenvalue weighted by atomic mass is 35.5. The molecule has 0 saturated carbocycles. The van der Waals surface area contributed by atoms with Gasteiger partial charge in [-0.25, -0.2) is 4.98 Å². The third-order valence-corrected chi connectivity index (χ3v) is 2.66. The third kappa shape index (κ3) is 2.81. The van der Waals surface area contributed by atoms with Crippen LogP contribution in [0.2, 0.25) is 5.02 Å². The highest BCUT2D eigenvalue weighted by Gasteiger charge is 2.12. The summed E-state index contributed by atoms with van der Waals surface area (Å²) < 4.78 is 5.12. The number of halogens is 1. The van der Waals surface area contributed by atoms with Gasteiger partial charge in [0.2, 0.25) is 0 Å². The topological polar surface area (TPSA) is 67.2 Å². The van der Waals surface area contributed by atoms with Gasteiger partial charge in [0.05, 0.1) is 23.4 Å². The van der Waals surface area contributed by atoms with Crippen LogP contribution in [0.1, 0.15) is 16.1 Å². The van der Waals surface area contributed by atoms with Crippen LogP contribution in [0.3, 0.4) is 0 Å². The van der Waals surface area contributed by atoms with Crippen LogP contribution in [0.5, 0.6) is 0 Å². The van der Waals surface area contributed by atoms with Crippen LogP contribution in [0.25, 0.3) is 0 Å². The fourth-order valence-corrected chi connectivity index (χ4v) is 1.61. The molecule has 0 aliphatic heterocycles. The SMILES string of the molecule is CNc1cc(C(=O)NCc2ccco2)c(Cl)cn1. The minimum absolute atomic E-state index is 0.268. The van der Waals surface area contributed by atoms with Crippen molar-refractivity contribution in [3.8, 4) is 0 Å². The molecule has 0 fully saturated rings. The number of carbonyl (C=O) groups excluding carboxylic acids is 1. The lowest BCUT2D eigenvalue weighted by Crippen LogP contribution is -2.23. The molecule has 0 atom stereocenters. The van der Waals surface area contributed by atoms with Gasteiger partial charge in [-0.3, -0.25) is 4.79 Å². The summed E-state index contributed by atoms with van der Waals surface area (Å²) in [5.41, 5.74) is 0.377. The van der Waals surface area contributed by atoms with Gasteiger partial charge in [-0.1, -0.05) is 11.6 Å². The van der Waals surface area contributed by atoms with Crippen LogP contribution in [-0.2, 0) is 6.54 Å². The number of hydrogen-bond acceptors (Lipinski definition) is 4. The molecule has 2 rings (SSSR count). The van der Waals surface area contributed by atoms with Crippen molar-refractivity contribution in [1.82, 2.24) is 10.3 Å². The zero-order valence-electron chi connectivity index (χ0n) is 9.74. The maximum atomic E-state index is 11.9. The first-order valence-corrected chi connectivity index (χ1v) is 5.72. The van der Waals surface area contributed by atoms with Crippen LogP contribution in [-0.4, -0.2) is 17.9 Å². The number of rotatable bonds is 4. The minimum atomic E-state index is -0.268. The van der Waals surface area contributed by atoms with Crippen molar-refractivity contribution in [2.24, 2.45) is 0 Å². The summed E-state index contributed by atoms with van der Waals surface area (Å²) in [4.78, 5) is 15.9. The number of amides is 1. The first-order chi connectivity index (χ1) is 8.70. The zero-order valence-corrected chi connectivity index (χ0v) is 10.5. The fraction of sp³-hybridized carbons (Fsp3) is 0.167. The van der Waals surface area contributed by atoms with Gasteiger partial charge < -0.3 is 15.1 Å². The van der Waals surface area contributed by atoms with Crippen molar-refractivity contribution >= 4 is 23.3 Å². The molecular weight excluding hydrogens is 254 g/mol. The molecule has 2 aromatic heterocycles. The van der Waals surface area contributed by atoms with Crippen LogP contribution in [0, 0.1) is 0 Å². The lowest BCUT2D eigenvalue weighted by molar-refractivity contribution is 0.0948. The predicted molar refractivity (Wildman–Crippen MR) is 68.7 cm³/mol. The smallest absolute Gasteiger partial charge is 0.253 e. The lowest BCUT2D eigenvalue weighted by atomic mass is 10.2. The molecule has 0 aliphatic rings. The third-order valence-electron chi connectivity index (χ3n) is 2.36. The number of hydrogen-bond donors (Lipinski definition) is 2. The Labute approximate surface area is 109 Å². The maximum Gasteiger partial charge on any atom is 0.253 e. The standard InChI is InChI=1S/C12H12ClN3O2/c1-14-11-5-9(10(13)7-15-11)12(17)16-6-8-3-2-4-18-8/h2-5,7H,6H2,1H3,(H,14,15)(H,16,17). The summed E-state index contributed by atoms with van der Waals surface area (Å²) in [5.74, 6) is 1.00. The van der Waals surface area contributed by atoms with Crippen LogP contribution < -0.4 is 10.6 Å². The van der Waals surface area contributed by atoms with E-state index >= 15 is 0 Å². The van der Waals surface area contributed by atoms with Crippen LogP contribution >= 0.6 is 11.6 Å². The first-order valence-electron chi connectivity index (χ1n) is 5.34. The van der Waals surface area contributed by atoms with Gasteiger partial charge in [-0.2, -0.15) is 0 Å². The summed E-state index contributed by atoms with van der Waals surface area (Å²) in [5, 5.41) is 5.88. The van der Waals surface area contributed by atoms with E-state index in [2.05, 4.69) is 15.6 Å². The predicted octanol–water partition coefficient (Wildman–Crippen LogP) is 2.30. The summed E-state index contributed by atoms with van der Waals surface area (Å²) in [6.07, 6.45) is 3.00. The Balaban J connectivity index is 2.08. The van der Waals surface area contributed by atoms with E-state index in [1.165, 1.54) is 6.20 Å². The number of furan rings is 1. The Morgan fingerprint density at radius 1 is 1.56 bits per heavy atom. The molecule has 0 bridgehead atoms. The molecule has 0 saturated heterocycles. The Morgan fingerprint density at radius 3 is 3.06 bits per heavy atom. The monoisotopic (exact) mass is 265 g/mol. The molecule has 0 spiro atoms. The number of carbonyl (C=O) groups is 1. The Morgan fingerprint density at radius 2 is 2.39 bits per heavy atom. The largest absolute Gasteiger partial charge is 0.467 e. The minimum Gasteiger partial charge on any atom is -0.467 e. The molecule has 0 aromatic carbocycles. The van der Waals surface area contributed by atoms with E-state index in [1.54, 1.807) is 31.5 Å². The summed E-state index contributed by atoms with van der Waals surface area (Å²) >= 11 is 5.93. The molecule has 5 nitrogen and oxygen atoms in total. The molecule has 94 valence electrons. The van der Waals surface area contributed by atoms with Gasteiger partial charge in [0.15, 0.2) is 0 Å². The quantitative estimate of drug-likeness (QED) is 0.890. The second kappa shape index (κ2) is 5.55. The van der Waals surface area contributed by atoms with E-state index in [1.807, 2.05) is 0 Å². The number of aromatic nitrogens is 1. The molecule has 18 heavy (non-hydrogen) atoms. The van der Waals surface area contributed by atoms with E-state index in [9.17, 15) is 4.79 Å². The molecule has 1 amide bonds. The fourth-order valence-electron chi connectivity index (χ4n) is 1.43. The van der Waals surface area contributed by atoms with Gasteiger partial charge in [-0.05, 0) is 18.2 Å². The Bertz CT molecular complexity index is 540. The van der Waals surface area contributed by atoms with Crippen molar-refractivity contribution in [3.63, 3.8) is 0 Å². The second-order valence-electron chi connectivity index (χ2n) is 3.56. The second-order valence-corrected chi connectivity index (χ2v) is 3.97. The van der Waals surface area contributed by atoms with Gasteiger partial charge in [-0.15, -0.1) is 0 Å². The van der Waals surface area contributed by atoms with E-state index < -0.39 is 0 Å². The van der Waals surface area contributed by atoms with Gasteiger partial charge >= 0.3 is 0 Å². The van der Waals surface area contributed by atoms with E-state index in [4.69, 9.17) is 16.0 Å². The molecule has 2 N–H and O–H groups in total. The number of anilines is 1. The van der Waals surface area contributed by atoms with Crippen LogP contribution in [0.4, 0.5) is 5.82 Å². The summed E-state index contributed by atoms with van der Waals surface area (Å²) in [6, 6.07) is 5.15. The van der Waals surface area contributed by atoms with Gasteiger partial charge in [0.25, 0.3) is 5.91 Å². The van der Waals surface area contributed by atoms with Crippen molar-refractivity contribution in [2.75, 3.05) is 12.4 Å². The maximum absolute atomic E-state index is 11.9. The van der Waals surface area contributed by atoms with Crippen LogP contribution in [0.15, 0.2) is 35.1 Å². The number of nitrogens with one attached hydrogen (secondary N) is 2. The molecule has 0 aliphatic carbocycles. The first kappa shape index (κ1) is 12.4. The van der Waals surface area contributed by atoms with Crippen molar-refractivity contribution < 1.29 is 9.21 Å². The molecule has 6 heteroatoms. The Hall–Kier alpha value is -2.01.